The molecule has 1 amide bonds. The Kier molecular flexibility index (Phi) is 7.37. The lowest BCUT2D eigenvalue weighted by Crippen LogP contribution is -2.31. The molecule has 2 nitrogen and oxygen atoms in total. The largest absolute Gasteiger partial charge is 0.333 e. The Labute approximate surface area is 170 Å². The van der Waals surface area contributed by atoms with Crippen molar-refractivity contribution in [3.63, 3.8) is 0 Å². The fraction of sp³-hybridized carbons (Fsp3) is 0.174. The molecule has 0 fully saturated rings. The van der Waals surface area contributed by atoms with Crippen molar-refractivity contribution in [2.45, 2.75) is 18.8 Å². The summed E-state index contributed by atoms with van der Waals surface area (Å²) in [6, 6.07) is 28.1. The monoisotopic (exact) mass is 395 g/mol. The number of thioether (sulfide) groups is 1. The lowest BCUT2D eigenvalue weighted by Gasteiger charge is -2.23. The van der Waals surface area contributed by atoms with Gasteiger partial charge in [0.1, 0.15) is 0 Å². The average molecular weight is 396 g/mol. The van der Waals surface area contributed by atoms with Gasteiger partial charge in [-0.05, 0) is 28.8 Å². The molecule has 3 aromatic rings. The zero-order chi connectivity index (χ0) is 18.9. The van der Waals surface area contributed by atoms with Crippen molar-refractivity contribution in [3.8, 4) is 0 Å². The van der Waals surface area contributed by atoms with Crippen LogP contribution in [0.4, 0.5) is 0 Å². The van der Waals surface area contributed by atoms with Crippen LogP contribution >= 0.6 is 23.4 Å². The van der Waals surface area contributed by atoms with Gasteiger partial charge in [0, 0.05) is 23.9 Å². The predicted octanol–water partition coefficient (Wildman–Crippen LogP) is 5.80. The molecule has 3 aromatic carbocycles. The minimum atomic E-state index is 0.154. The summed E-state index contributed by atoms with van der Waals surface area (Å²) in [5.74, 6) is 1.41. The Balaban J connectivity index is 1.61. The topological polar surface area (TPSA) is 20.3 Å². The van der Waals surface area contributed by atoms with E-state index in [0.717, 1.165) is 21.9 Å². The summed E-state index contributed by atoms with van der Waals surface area (Å²) >= 11 is 7.56. The van der Waals surface area contributed by atoms with Gasteiger partial charge in [-0.1, -0.05) is 84.4 Å². The highest BCUT2D eigenvalue weighted by Crippen LogP contribution is 2.17. The maximum Gasteiger partial charge on any atom is 0.233 e. The van der Waals surface area contributed by atoms with E-state index < -0.39 is 0 Å². The number of carbonyl (C=O) groups excluding carboxylic acids is 1. The van der Waals surface area contributed by atoms with Crippen LogP contribution in [0.2, 0.25) is 5.02 Å². The standard InChI is InChI=1S/C23H22ClNOS/c24-22-13-11-21(12-14-22)17-27-18-23(26)25(15-19-7-3-1-4-8-19)16-20-9-5-2-6-10-20/h1-14H,15-18H2. The number of nitrogens with zero attached hydrogens (tertiary/aromatic N) is 1. The predicted molar refractivity (Wildman–Crippen MR) is 115 cm³/mol. The van der Waals surface area contributed by atoms with Crippen molar-refractivity contribution in [2.24, 2.45) is 0 Å². The Morgan fingerprint density at radius 2 is 1.26 bits per heavy atom. The Hall–Kier alpha value is -2.23. The van der Waals surface area contributed by atoms with E-state index in [2.05, 4.69) is 24.3 Å². The van der Waals surface area contributed by atoms with Crippen LogP contribution in [-0.4, -0.2) is 16.6 Å². The molecule has 0 heterocycles. The molecule has 4 heteroatoms. The van der Waals surface area contributed by atoms with Crippen LogP contribution in [0.5, 0.6) is 0 Å². The number of rotatable bonds is 8. The first-order chi connectivity index (χ1) is 13.2. The number of hydrogen-bond acceptors (Lipinski definition) is 2. The molecule has 0 aliphatic rings. The number of hydrogen-bond donors (Lipinski definition) is 0. The van der Waals surface area contributed by atoms with Gasteiger partial charge in [0.25, 0.3) is 0 Å². The molecule has 0 N–H and O–H groups in total. The van der Waals surface area contributed by atoms with Gasteiger partial charge in [-0.2, -0.15) is 0 Å². The molecule has 0 aliphatic carbocycles. The summed E-state index contributed by atoms with van der Waals surface area (Å²) < 4.78 is 0. The van der Waals surface area contributed by atoms with Crippen LogP contribution in [0.1, 0.15) is 16.7 Å². The first kappa shape index (κ1) is 19.5. The van der Waals surface area contributed by atoms with Crippen molar-refractivity contribution < 1.29 is 4.79 Å². The maximum absolute atomic E-state index is 12.9. The SMILES string of the molecule is O=C(CSCc1ccc(Cl)cc1)N(Cc1ccccc1)Cc1ccccc1. The van der Waals surface area contributed by atoms with Crippen LogP contribution in [0, 0.1) is 0 Å². The van der Waals surface area contributed by atoms with Crippen LogP contribution in [0.15, 0.2) is 84.9 Å². The van der Waals surface area contributed by atoms with Crippen molar-refractivity contribution >= 4 is 29.3 Å². The van der Waals surface area contributed by atoms with Gasteiger partial charge in [0.15, 0.2) is 0 Å². The Morgan fingerprint density at radius 1 is 0.741 bits per heavy atom. The summed E-state index contributed by atoms with van der Waals surface area (Å²) in [7, 11) is 0. The summed E-state index contributed by atoms with van der Waals surface area (Å²) in [6.45, 7) is 1.24. The van der Waals surface area contributed by atoms with Crippen molar-refractivity contribution in [1.29, 1.82) is 0 Å². The van der Waals surface area contributed by atoms with Gasteiger partial charge < -0.3 is 4.90 Å². The summed E-state index contributed by atoms with van der Waals surface area (Å²) in [4.78, 5) is 14.8. The zero-order valence-corrected chi connectivity index (χ0v) is 16.6. The van der Waals surface area contributed by atoms with Crippen molar-refractivity contribution in [2.75, 3.05) is 5.75 Å². The molecule has 0 unspecified atom stereocenters. The number of amides is 1. The molecule has 0 aromatic heterocycles. The fourth-order valence-electron chi connectivity index (χ4n) is 2.77. The van der Waals surface area contributed by atoms with E-state index in [0.29, 0.717) is 18.8 Å². The molecular weight excluding hydrogens is 374 g/mol. The summed E-state index contributed by atoms with van der Waals surface area (Å²) in [6.07, 6.45) is 0. The smallest absolute Gasteiger partial charge is 0.233 e. The maximum atomic E-state index is 12.9. The first-order valence-corrected chi connectivity index (χ1v) is 10.4. The highest BCUT2D eigenvalue weighted by atomic mass is 35.5. The van der Waals surface area contributed by atoms with Crippen LogP contribution in [0.3, 0.4) is 0 Å². The third kappa shape index (κ3) is 6.46. The molecule has 0 atom stereocenters. The van der Waals surface area contributed by atoms with Crippen LogP contribution in [-0.2, 0) is 23.6 Å². The van der Waals surface area contributed by atoms with Gasteiger partial charge in [-0.25, -0.2) is 0 Å². The molecule has 0 aliphatic heterocycles. The molecule has 27 heavy (non-hydrogen) atoms. The number of benzene rings is 3. The molecule has 0 radical (unpaired) electrons. The van der Waals surface area contributed by atoms with E-state index in [1.165, 1.54) is 5.56 Å². The molecule has 0 bridgehead atoms. The lowest BCUT2D eigenvalue weighted by atomic mass is 10.1. The van der Waals surface area contributed by atoms with E-state index >= 15 is 0 Å². The second-order valence-electron chi connectivity index (χ2n) is 6.34. The van der Waals surface area contributed by atoms with Crippen molar-refractivity contribution in [3.05, 3.63) is 107 Å². The number of carbonyl (C=O) groups is 1. The zero-order valence-electron chi connectivity index (χ0n) is 15.1. The fourth-order valence-corrected chi connectivity index (χ4v) is 3.78. The molecule has 0 spiro atoms. The molecule has 0 saturated heterocycles. The highest BCUT2D eigenvalue weighted by molar-refractivity contribution is 7.99. The van der Waals surface area contributed by atoms with Gasteiger partial charge in [0.05, 0.1) is 5.75 Å². The normalized spacial score (nSPS) is 10.6. The summed E-state index contributed by atoms with van der Waals surface area (Å²) in [5.41, 5.74) is 3.46. The van der Waals surface area contributed by atoms with Crippen molar-refractivity contribution in [1.82, 2.24) is 4.90 Å². The van der Waals surface area contributed by atoms with E-state index in [1.54, 1.807) is 11.8 Å². The van der Waals surface area contributed by atoms with Gasteiger partial charge in [-0.3, -0.25) is 4.79 Å². The van der Waals surface area contributed by atoms with Gasteiger partial charge >= 0.3 is 0 Å². The van der Waals surface area contributed by atoms with E-state index in [-0.39, 0.29) is 5.91 Å². The average Bonchev–Trinajstić information content (AvgIpc) is 2.70. The number of halogens is 1. The quantitative estimate of drug-likeness (QED) is 0.480. The highest BCUT2D eigenvalue weighted by Gasteiger charge is 2.14. The van der Waals surface area contributed by atoms with Crippen LogP contribution in [0.25, 0.3) is 0 Å². The van der Waals surface area contributed by atoms with E-state index in [1.807, 2.05) is 65.6 Å². The molecular formula is C23H22ClNOS. The third-order valence-electron chi connectivity index (χ3n) is 4.19. The Bertz CT molecular complexity index is 796. The minimum Gasteiger partial charge on any atom is -0.333 e. The van der Waals surface area contributed by atoms with Crippen LogP contribution < -0.4 is 0 Å². The van der Waals surface area contributed by atoms with Gasteiger partial charge in [-0.15, -0.1) is 11.8 Å². The minimum absolute atomic E-state index is 0.154. The third-order valence-corrected chi connectivity index (χ3v) is 5.43. The first-order valence-electron chi connectivity index (χ1n) is 8.88. The molecule has 138 valence electrons. The summed E-state index contributed by atoms with van der Waals surface area (Å²) in [5, 5.41) is 0.733. The lowest BCUT2D eigenvalue weighted by molar-refractivity contribution is -0.129. The molecule has 3 rings (SSSR count). The molecule has 0 saturated carbocycles. The Morgan fingerprint density at radius 3 is 1.78 bits per heavy atom. The second kappa shape index (κ2) is 10.2. The van der Waals surface area contributed by atoms with Gasteiger partial charge in [0.2, 0.25) is 5.91 Å². The van der Waals surface area contributed by atoms with E-state index in [9.17, 15) is 4.79 Å². The van der Waals surface area contributed by atoms with E-state index in [4.69, 9.17) is 11.6 Å². The second-order valence-corrected chi connectivity index (χ2v) is 7.76.